The topological polar surface area (TPSA) is 368 Å². The van der Waals surface area contributed by atoms with Gasteiger partial charge < -0.3 is 73.3 Å². The Labute approximate surface area is 428 Å². The van der Waals surface area contributed by atoms with Gasteiger partial charge in [-0.1, -0.05) is 43.7 Å². The van der Waals surface area contributed by atoms with E-state index in [9.17, 15) is 62.4 Å². The highest BCUT2D eigenvalue weighted by Crippen LogP contribution is 2.28. The van der Waals surface area contributed by atoms with Gasteiger partial charge in [-0.3, -0.25) is 52.2 Å². The van der Waals surface area contributed by atoms with E-state index in [1.54, 1.807) is 69.4 Å². The van der Waals surface area contributed by atoms with Crippen molar-refractivity contribution in [3.05, 3.63) is 59.7 Å². The van der Waals surface area contributed by atoms with Crippen molar-refractivity contribution in [2.45, 2.75) is 119 Å². The number of hydrogen-bond acceptors (Lipinski definition) is 14. The van der Waals surface area contributed by atoms with E-state index in [0.29, 0.717) is 28.6 Å². The summed E-state index contributed by atoms with van der Waals surface area (Å²) < 4.78 is 14.8. The minimum Gasteiger partial charge on any atom is -0.394 e. The number of likely N-dealkylation sites (N-methyl/N-ethyl adjacent to an activating group) is 1. The van der Waals surface area contributed by atoms with Crippen molar-refractivity contribution < 1.29 is 62.4 Å². The van der Waals surface area contributed by atoms with Gasteiger partial charge in [-0.2, -0.15) is 0 Å². The van der Waals surface area contributed by atoms with Crippen LogP contribution in [0, 0.1) is 0 Å². The highest BCUT2D eigenvalue weighted by molar-refractivity contribution is 7.85. The second-order valence-electron chi connectivity index (χ2n) is 18.3. The molecule has 2 aromatic carbocycles. The fourth-order valence-corrected chi connectivity index (χ4v) is 10.1. The molecule has 9 atom stereocenters. The lowest BCUT2D eigenvalue weighted by molar-refractivity contribution is -0.143. The molecule has 1 saturated heterocycles. The van der Waals surface area contributed by atoms with Crippen molar-refractivity contribution in [1.82, 2.24) is 57.7 Å². The lowest BCUT2D eigenvalue weighted by Crippen LogP contribution is -2.61. The van der Waals surface area contributed by atoms with Crippen LogP contribution in [0.4, 0.5) is 5.69 Å². The molecule has 1 fully saturated rings. The average molecular weight is 1050 g/mol. The predicted molar refractivity (Wildman–Crippen MR) is 266 cm³/mol. The molecule has 74 heavy (non-hydrogen) atoms. The summed E-state index contributed by atoms with van der Waals surface area (Å²) in [5.41, 5.74) is 1.71. The van der Waals surface area contributed by atoms with E-state index < -0.39 is 157 Å². The summed E-state index contributed by atoms with van der Waals surface area (Å²) in [6.07, 6.45) is -2.47. The van der Waals surface area contributed by atoms with E-state index in [0.717, 1.165) is 4.90 Å². The molecule has 6 rings (SSSR count). The zero-order valence-electron chi connectivity index (χ0n) is 41.2. The van der Waals surface area contributed by atoms with Gasteiger partial charge in [0.25, 0.3) is 0 Å². The number of aliphatic hydroxyl groups excluding tert-OH is 2. The molecule has 26 heteroatoms. The van der Waals surface area contributed by atoms with Crippen molar-refractivity contribution in [2.24, 2.45) is 0 Å². The van der Waals surface area contributed by atoms with Crippen molar-refractivity contribution >= 4 is 86.5 Å². The second-order valence-corrected chi connectivity index (χ2v) is 19.7. The maximum atomic E-state index is 14.8. The smallest absolute Gasteiger partial charge is 0.246 e. The van der Waals surface area contributed by atoms with Crippen LogP contribution in [0.25, 0.3) is 10.9 Å². The first kappa shape index (κ1) is 56.0. The number of carbonyl (C=O) groups is 10. The van der Waals surface area contributed by atoms with Crippen molar-refractivity contribution in [3.63, 3.8) is 0 Å². The molecule has 0 saturated carbocycles. The minimum absolute atomic E-state index is 0.0450. The number of nitrogens with zero attached hydrogens (tertiary/aromatic N) is 1. The van der Waals surface area contributed by atoms with Gasteiger partial charge in [0.05, 0.1) is 54.8 Å². The summed E-state index contributed by atoms with van der Waals surface area (Å²) in [7, 11) is -0.648. The first-order chi connectivity index (χ1) is 35.4. The molecule has 0 radical (unpaired) electrons. The zero-order chi connectivity index (χ0) is 53.6. The Kier molecular flexibility index (Phi) is 19.7. The van der Waals surface area contributed by atoms with Crippen LogP contribution in [0.5, 0.6) is 0 Å². The number of carbonyl (C=O) groups excluding carboxylic acids is 10. The van der Waals surface area contributed by atoms with Crippen molar-refractivity contribution in [3.8, 4) is 0 Å². The standard InChI is InChI=1S/C48H64N12O13S/c1-4-8-32-42(67)51-22-40(65)55-36-24-74(73)47-30(29-9-5-6-10-31(29)59-47)18-34(43(68)52-21-39(64)54-32)56-44(69)33(17-28(62)23-61)57-46(71)37-11-7-16-60(37)48(72)35(58-45(36)70)19-38(63)50-20-26-12-14-27(15-13-26)53-41(66)25(2)49-3/h5-6,9-10,12-15,25,28,32-37,49,59,61-62H,4,7-8,11,16-24H2,1-3H3,(H,50,63)(H,51,67)(H,52,68)(H,53,66)(H,54,64)(H,55,65)(H,56,69)(H,57,71)(H,58,70)/t25-,28+,32?,33-,34+,35-,36-,37-,74?/m0/s1. The highest BCUT2D eigenvalue weighted by Gasteiger charge is 2.42. The summed E-state index contributed by atoms with van der Waals surface area (Å²) in [5.74, 6) is -9.06. The number of para-hydroxylation sites is 1. The molecule has 3 aromatic rings. The van der Waals surface area contributed by atoms with E-state index in [2.05, 4.69) is 58.2 Å². The first-order valence-electron chi connectivity index (χ1n) is 24.4. The number of nitrogens with one attached hydrogen (secondary N) is 11. The number of aliphatic hydroxyl groups is 2. The van der Waals surface area contributed by atoms with E-state index >= 15 is 0 Å². The molecular weight excluding hydrogens is 985 g/mol. The third-order valence-electron chi connectivity index (χ3n) is 12.8. The van der Waals surface area contributed by atoms with Gasteiger partial charge in [0.15, 0.2) is 0 Å². The highest BCUT2D eigenvalue weighted by atomic mass is 32.2. The van der Waals surface area contributed by atoms with Gasteiger partial charge in [0.2, 0.25) is 59.1 Å². The van der Waals surface area contributed by atoms with E-state index in [1.807, 2.05) is 0 Å². The number of H-pyrrole nitrogens is 1. The molecule has 4 heterocycles. The molecule has 3 aliphatic heterocycles. The third-order valence-corrected chi connectivity index (χ3v) is 14.3. The molecule has 400 valence electrons. The lowest BCUT2D eigenvalue weighted by atomic mass is 10.0. The molecule has 1 aromatic heterocycles. The maximum absolute atomic E-state index is 14.8. The van der Waals surface area contributed by atoms with E-state index in [1.165, 1.54) is 0 Å². The lowest BCUT2D eigenvalue weighted by Gasteiger charge is -2.31. The second kappa shape index (κ2) is 26.1. The van der Waals surface area contributed by atoms with Gasteiger partial charge in [0.1, 0.15) is 41.3 Å². The number of fused-ring (bicyclic) bond motifs is 5. The van der Waals surface area contributed by atoms with E-state index in [-0.39, 0.29) is 48.8 Å². The van der Waals surface area contributed by atoms with Gasteiger partial charge in [-0.15, -0.1) is 0 Å². The summed E-state index contributed by atoms with van der Waals surface area (Å²) in [5, 5.41) is 46.8. The van der Waals surface area contributed by atoms with Crippen LogP contribution in [0.1, 0.15) is 63.5 Å². The number of hydrogen-bond donors (Lipinski definition) is 13. The number of rotatable bonds is 12. The Bertz CT molecular complexity index is 2630. The van der Waals surface area contributed by atoms with Crippen LogP contribution in [-0.2, 0) is 71.7 Å². The van der Waals surface area contributed by atoms with Crippen LogP contribution < -0.4 is 53.2 Å². The molecule has 13 N–H and O–H groups in total. The summed E-state index contributed by atoms with van der Waals surface area (Å²) in [4.78, 5) is 143. The molecule has 2 bridgehead atoms. The number of aromatic nitrogens is 1. The number of aromatic amines is 1. The number of anilines is 1. The van der Waals surface area contributed by atoms with Gasteiger partial charge in [-0.05, 0) is 62.6 Å². The minimum atomic E-state index is -2.29. The number of amides is 10. The third kappa shape index (κ3) is 14.7. The van der Waals surface area contributed by atoms with Gasteiger partial charge >= 0.3 is 0 Å². The zero-order valence-corrected chi connectivity index (χ0v) is 42.0. The number of benzene rings is 2. The Hall–Kier alpha value is -7.29. The predicted octanol–water partition coefficient (Wildman–Crippen LogP) is -3.71. The quantitative estimate of drug-likeness (QED) is 0.0831. The molecular formula is C48H64N12O13S. The maximum Gasteiger partial charge on any atom is 0.246 e. The van der Waals surface area contributed by atoms with Gasteiger partial charge in [-0.25, -0.2) is 0 Å². The average Bonchev–Trinajstić information content (AvgIpc) is 4.03. The largest absolute Gasteiger partial charge is 0.394 e. The first-order valence-corrected chi connectivity index (χ1v) is 25.7. The van der Waals surface area contributed by atoms with Gasteiger partial charge in [0, 0.05) is 42.5 Å². The molecule has 0 spiro atoms. The monoisotopic (exact) mass is 1050 g/mol. The molecule has 25 nitrogen and oxygen atoms in total. The van der Waals surface area contributed by atoms with Crippen LogP contribution in [0.2, 0.25) is 0 Å². The fraction of sp³-hybridized carbons (Fsp3) is 0.500. The summed E-state index contributed by atoms with van der Waals surface area (Å²) in [6.45, 7) is 1.06. The molecule has 10 amide bonds. The Morgan fingerprint density at radius 3 is 2.20 bits per heavy atom. The molecule has 3 aliphatic rings. The molecule has 2 unspecified atom stereocenters. The van der Waals surface area contributed by atoms with Crippen molar-refractivity contribution in [1.29, 1.82) is 0 Å². The summed E-state index contributed by atoms with van der Waals surface area (Å²) >= 11 is 0. The Morgan fingerprint density at radius 2 is 1.50 bits per heavy atom. The van der Waals surface area contributed by atoms with Crippen LogP contribution in [-0.4, -0.2) is 171 Å². The SMILES string of the molecule is CCCC1NC(=O)CNC(=O)[C@H]2Cc3c([nH]c4ccccc34)S(=O)C[C@H](NC(=O)CNC1=O)C(=O)N[C@@H](CC(=O)NCc1ccc(NC(=O)[C@H](C)NC)cc1)C(=O)N1CCC[C@H]1C(=O)N[C@@H](C[C@@H](O)CO)C(=O)N2. The fourth-order valence-electron chi connectivity index (χ4n) is 8.67. The van der Waals surface area contributed by atoms with Crippen LogP contribution in [0.3, 0.4) is 0 Å². The van der Waals surface area contributed by atoms with Crippen molar-refractivity contribution in [2.75, 3.05) is 44.4 Å². The summed E-state index contributed by atoms with van der Waals surface area (Å²) in [6, 6.07) is 3.50. The van der Waals surface area contributed by atoms with Crippen LogP contribution in [0.15, 0.2) is 53.6 Å². The Morgan fingerprint density at radius 1 is 0.811 bits per heavy atom. The van der Waals surface area contributed by atoms with E-state index in [4.69, 9.17) is 0 Å². The van der Waals surface area contributed by atoms with Crippen LogP contribution >= 0.6 is 0 Å². The molecule has 0 aliphatic carbocycles. The Balaban J connectivity index is 1.42. The normalized spacial score (nSPS) is 24.6.